The number of amides is 2. The summed E-state index contributed by atoms with van der Waals surface area (Å²) in [4.78, 5) is 39.3. The van der Waals surface area contributed by atoms with Crippen molar-refractivity contribution in [1.82, 2.24) is 0 Å². The Hall–Kier alpha value is -3.15. The molecular formula is C22H26N2O4. The Labute approximate surface area is 165 Å². The first-order valence-corrected chi connectivity index (χ1v) is 9.09. The molecule has 0 aliphatic rings. The minimum atomic E-state index is -1.30. The number of hydrogen-bond acceptors (Lipinski definition) is 4. The second-order valence-electron chi connectivity index (χ2n) is 7.04. The second-order valence-corrected chi connectivity index (χ2v) is 7.04. The molecule has 0 aliphatic carbocycles. The summed E-state index contributed by atoms with van der Waals surface area (Å²) in [5.74, 6) is -1.25. The molecule has 2 amide bonds. The highest BCUT2D eigenvalue weighted by Crippen LogP contribution is 2.26. The molecule has 0 atom stereocenters. The fourth-order valence-corrected chi connectivity index (χ4v) is 2.80. The zero-order valence-corrected chi connectivity index (χ0v) is 16.9. The van der Waals surface area contributed by atoms with Gasteiger partial charge in [0.05, 0.1) is 12.7 Å². The third-order valence-corrected chi connectivity index (χ3v) is 4.52. The Balaban J connectivity index is 2.23. The Kier molecular flexibility index (Phi) is 6.57. The maximum absolute atomic E-state index is 13.2. The monoisotopic (exact) mass is 382 g/mol. The number of rotatable bonds is 6. The van der Waals surface area contributed by atoms with Gasteiger partial charge in [0.1, 0.15) is 5.41 Å². The summed E-state index contributed by atoms with van der Waals surface area (Å²) in [6, 6.07) is 14.0. The lowest BCUT2D eigenvalue weighted by molar-refractivity contribution is -0.136. The highest BCUT2D eigenvalue weighted by atomic mass is 16.5. The van der Waals surface area contributed by atoms with Gasteiger partial charge in [-0.3, -0.25) is 9.59 Å². The second kappa shape index (κ2) is 8.69. The number of carbonyl (C=O) groups excluding carboxylic acids is 3. The molecule has 148 valence electrons. The van der Waals surface area contributed by atoms with Crippen LogP contribution < -0.4 is 10.2 Å². The van der Waals surface area contributed by atoms with E-state index < -0.39 is 17.3 Å². The quantitative estimate of drug-likeness (QED) is 0.609. The molecular weight excluding hydrogens is 356 g/mol. The summed E-state index contributed by atoms with van der Waals surface area (Å²) in [5, 5.41) is 2.73. The molecule has 0 radical (unpaired) electrons. The Bertz CT molecular complexity index is 890. The summed E-state index contributed by atoms with van der Waals surface area (Å²) in [6.07, 6.45) is 0. The summed E-state index contributed by atoms with van der Waals surface area (Å²) in [5.41, 5.74) is 1.22. The van der Waals surface area contributed by atoms with E-state index in [-0.39, 0.29) is 5.91 Å². The van der Waals surface area contributed by atoms with Crippen molar-refractivity contribution in [3.8, 4) is 0 Å². The van der Waals surface area contributed by atoms with Crippen LogP contribution in [0.4, 0.5) is 11.4 Å². The molecule has 28 heavy (non-hydrogen) atoms. The topological polar surface area (TPSA) is 75.7 Å². The van der Waals surface area contributed by atoms with Gasteiger partial charge in [0.25, 0.3) is 0 Å². The lowest BCUT2D eigenvalue weighted by Gasteiger charge is -2.30. The van der Waals surface area contributed by atoms with E-state index in [0.717, 1.165) is 11.3 Å². The summed E-state index contributed by atoms with van der Waals surface area (Å²) >= 11 is 0. The van der Waals surface area contributed by atoms with Crippen molar-refractivity contribution < 1.29 is 19.1 Å². The molecule has 0 spiro atoms. The third kappa shape index (κ3) is 4.57. The predicted molar refractivity (Wildman–Crippen MR) is 109 cm³/mol. The lowest BCUT2D eigenvalue weighted by atomic mass is 9.89. The number of aryl methyl sites for hydroxylation is 1. The minimum Gasteiger partial charge on any atom is -0.465 e. The molecule has 6 heteroatoms. The van der Waals surface area contributed by atoms with Crippen LogP contribution in [0.25, 0.3) is 0 Å². The van der Waals surface area contributed by atoms with Crippen molar-refractivity contribution in [3.63, 3.8) is 0 Å². The number of methoxy groups -OCH3 is 1. The van der Waals surface area contributed by atoms with Crippen molar-refractivity contribution in [1.29, 1.82) is 0 Å². The van der Waals surface area contributed by atoms with Gasteiger partial charge < -0.3 is 15.0 Å². The Morgan fingerprint density at radius 1 is 1.07 bits per heavy atom. The van der Waals surface area contributed by atoms with E-state index in [1.807, 2.05) is 38.1 Å². The van der Waals surface area contributed by atoms with Crippen LogP contribution in [0.3, 0.4) is 0 Å². The lowest BCUT2D eigenvalue weighted by Crippen LogP contribution is -2.47. The third-order valence-electron chi connectivity index (χ3n) is 4.52. The summed E-state index contributed by atoms with van der Waals surface area (Å²) in [6.45, 7) is 7.44. The maximum atomic E-state index is 13.2. The van der Waals surface area contributed by atoms with E-state index in [0.29, 0.717) is 17.8 Å². The number of nitrogens with zero attached hydrogens (tertiary/aromatic N) is 1. The van der Waals surface area contributed by atoms with Crippen LogP contribution in [0.2, 0.25) is 0 Å². The van der Waals surface area contributed by atoms with E-state index in [2.05, 4.69) is 5.32 Å². The molecule has 2 aromatic rings. The number of benzene rings is 2. The van der Waals surface area contributed by atoms with E-state index in [9.17, 15) is 14.4 Å². The largest absolute Gasteiger partial charge is 0.465 e. The van der Waals surface area contributed by atoms with Gasteiger partial charge in [0.15, 0.2) is 0 Å². The van der Waals surface area contributed by atoms with Crippen molar-refractivity contribution in [2.24, 2.45) is 5.41 Å². The zero-order chi connectivity index (χ0) is 20.9. The van der Waals surface area contributed by atoms with E-state index in [4.69, 9.17) is 4.74 Å². The molecule has 2 aromatic carbocycles. The average molecular weight is 382 g/mol. The first-order valence-electron chi connectivity index (χ1n) is 9.09. The fourth-order valence-electron chi connectivity index (χ4n) is 2.80. The molecule has 0 aliphatic heterocycles. The molecule has 0 aromatic heterocycles. The predicted octanol–water partition coefficient (Wildman–Crippen LogP) is 3.80. The highest BCUT2D eigenvalue weighted by Gasteiger charge is 2.39. The number of hydrogen-bond donors (Lipinski definition) is 1. The Morgan fingerprint density at radius 2 is 1.75 bits per heavy atom. The molecule has 0 bridgehead atoms. The fraction of sp³-hybridized carbons (Fsp3) is 0.318. The van der Waals surface area contributed by atoms with E-state index in [1.54, 1.807) is 36.9 Å². The first-order chi connectivity index (χ1) is 13.2. The van der Waals surface area contributed by atoms with Crippen LogP contribution in [-0.4, -0.2) is 31.4 Å². The van der Waals surface area contributed by atoms with Gasteiger partial charge in [-0.25, -0.2) is 4.79 Å². The van der Waals surface area contributed by atoms with Gasteiger partial charge in [-0.1, -0.05) is 18.2 Å². The zero-order valence-electron chi connectivity index (χ0n) is 16.9. The SMILES string of the molecule is CCN(C(=O)C(C)(C)C(=O)Nc1cccc(C(=O)OC)c1)c1cccc(C)c1. The molecule has 2 rings (SSSR count). The van der Waals surface area contributed by atoms with E-state index >= 15 is 0 Å². The number of esters is 1. The average Bonchev–Trinajstić information content (AvgIpc) is 2.68. The van der Waals surface area contributed by atoms with Crippen molar-refractivity contribution in [2.45, 2.75) is 27.7 Å². The molecule has 6 nitrogen and oxygen atoms in total. The molecule has 0 fully saturated rings. The van der Waals surface area contributed by atoms with Gasteiger partial charge in [0, 0.05) is 17.9 Å². The van der Waals surface area contributed by atoms with Crippen molar-refractivity contribution >= 4 is 29.2 Å². The van der Waals surface area contributed by atoms with Gasteiger partial charge in [0.2, 0.25) is 11.8 Å². The van der Waals surface area contributed by atoms with Crippen LogP contribution in [0, 0.1) is 12.3 Å². The normalized spacial score (nSPS) is 10.9. The number of ether oxygens (including phenoxy) is 1. The number of nitrogens with one attached hydrogen (secondary N) is 1. The summed E-state index contributed by atoms with van der Waals surface area (Å²) in [7, 11) is 1.29. The van der Waals surface area contributed by atoms with Crippen LogP contribution >= 0.6 is 0 Å². The molecule has 1 N–H and O–H groups in total. The van der Waals surface area contributed by atoms with Gasteiger partial charge in [-0.05, 0) is 63.6 Å². The van der Waals surface area contributed by atoms with Crippen LogP contribution in [0.1, 0.15) is 36.7 Å². The van der Waals surface area contributed by atoms with Crippen molar-refractivity contribution in [3.05, 3.63) is 59.7 Å². The first kappa shape index (κ1) is 21.2. The smallest absolute Gasteiger partial charge is 0.337 e. The maximum Gasteiger partial charge on any atom is 0.337 e. The highest BCUT2D eigenvalue weighted by molar-refractivity contribution is 6.15. The van der Waals surface area contributed by atoms with Crippen LogP contribution in [0.5, 0.6) is 0 Å². The van der Waals surface area contributed by atoms with Crippen molar-refractivity contribution in [2.75, 3.05) is 23.9 Å². The van der Waals surface area contributed by atoms with Crippen LogP contribution in [0.15, 0.2) is 48.5 Å². The van der Waals surface area contributed by atoms with E-state index in [1.165, 1.54) is 13.2 Å². The standard InChI is InChI=1S/C22H26N2O4/c1-6-24(18-12-7-9-15(2)13-18)21(27)22(3,4)20(26)23-17-11-8-10-16(14-17)19(25)28-5/h7-14H,6H2,1-5H3,(H,23,26). The Morgan fingerprint density at radius 3 is 2.36 bits per heavy atom. The summed E-state index contributed by atoms with van der Waals surface area (Å²) < 4.78 is 4.69. The minimum absolute atomic E-state index is 0.303. The molecule has 0 heterocycles. The van der Waals surface area contributed by atoms with Crippen LogP contribution in [-0.2, 0) is 14.3 Å². The van der Waals surface area contributed by atoms with Gasteiger partial charge in [-0.15, -0.1) is 0 Å². The molecule has 0 saturated heterocycles. The number of carbonyl (C=O) groups is 3. The number of anilines is 2. The molecule has 0 saturated carbocycles. The van der Waals surface area contributed by atoms with Gasteiger partial charge >= 0.3 is 5.97 Å². The molecule has 0 unspecified atom stereocenters. The van der Waals surface area contributed by atoms with Gasteiger partial charge in [-0.2, -0.15) is 0 Å².